The van der Waals surface area contributed by atoms with E-state index in [1.54, 1.807) is 12.1 Å². The molecule has 0 saturated heterocycles. The van der Waals surface area contributed by atoms with Crippen molar-refractivity contribution < 1.29 is 14.3 Å². The monoisotopic (exact) mass is 476 g/mol. The lowest BCUT2D eigenvalue weighted by atomic mass is 9.91. The van der Waals surface area contributed by atoms with Crippen molar-refractivity contribution in [3.8, 4) is 5.75 Å². The molecule has 0 bridgehead atoms. The third-order valence-corrected chi connectivity index (χ3v) is 6.22. The van der Waals surface area contributed by atoms with Crippen molar-refractivity contribution in [3.05, 3.63) is 94.3 Å². The molecule has 4 rings (SSSR count). The highest BCUT2D eigenvalue weighted by molar-refractivity contribution is 6.30. The molecule has 176 valence electrons. The highest BCUT2D eigenvalue weighted by atomic mass is 35.5. The highest BCUT2D eigenvalue weighted by Gasteiger charge is 2.21. The van der Waals surface area contributed by atoms with Crippen LogP contribution in [-0.4, -0.2) is 22.5 Å². The number of hydrogen-bond acceptors (Lipinski definition) is 4. The summed E-state index contributed by atoms with van der Waals surface area (Å²) in [6.45, 7) is 4.66. The fourth-order valence-corrected chi connectivity index (χ4v) is 4.24. The number of aromatic nitrogens is 2. The maximum absolute atomic E-state index is 12.6. The maximum Gasteiger partial charge on any atom is 0.309 e. The Morgan fingerprint density at radius 1 is 1.06 bits per heavy atom. The Labute approximate surface area is 205 Å². The quantitative estimate of drug-likeness (QED) is 0.267. The molecular weight excluding hydrogens is 448 g/mol. The minimum atomic E-state index is -0.181. The van der Waals surface area contributed by atoms with Crippen LogP contribution in [0.1, 0.15) is 35.9 Å². The summed E-state index contributed by atoms with van der Waals surface area (Å²) in [6.07, 6.45) is 2.17. The van der Waals surface area contributed by atoms with E-state index in [4.69, 9.17) is 26.1 Å². The van der Waals surface area contributed by atoms with E-state index in [1.165, 1.54) is 5.56 Å². The van der Waals surface area contributed by atoms with Crippen molar-refractivity contribution in [1.82, 2.24) is 9.97 Å². The van der Waals surface area contributed by atoms with Crippen molar-refractivity contribution in [2.75, 3.05) is 6.61 Å². The Morgan fingerprint density at radius 3 is 2.56 bits per heavy atom. The van der Waals surface area contributed by atoms with Crippen molar-refractivity contribution in [3.63, 3.8) is 0 Å². The van der Waals surface area contributed by atoms with Crippen LogP contribution in [0.25, 0.3) is 11.0 Å². The van der Waals surface area contributed by atoms with Crippen molar-refractivity contribution in [2.45, 2.75) is 39.7 Å². The van der Waals surface area contributed by atoms with Gasteiger partial charge in [0.2, 0.25) is 0 Å². The molecule has 0 radical (unpaired) electrons. The smallest absolute Gasteiger partial charge is 0.309 e. The molecule has 1 unspecified atom stereocenters. The summed E-state index contributed by atoms with van der Waals surface area (Å²) < 4.78 is 11.2. The second-order valence-corrected chi connectivity index (χ2v) is 8.79. The Bertz CT molecular complexity index is 1240. The number of aryl methyl sites for hydroxylation is 2. The minimum absolute atomic E-state index is 0.133. The summed E-state index contributed by atoms with van der Waals surface area (Å²) in [5, 5.41) is 0.674. The average Bonchev–Trinajstić information content (AvgIpc) is 3.27. The van der Waals surface area contributed by atoms with E-state index in [2.05, 4.69) is 30.1 Å². The van der Waals surface area contributed by atoms with Crippen molar-refractivity contribution in [1.29, 1.82) is 0 Å². The van der Waals surface area contributed by atoms with Gasteiger partial charge in [-0.2, -0.15) is 0 Å². The first-order valence-electron chi connectivity index (χ1n) is 11.6. The molecule has 3 aromatic carbocycles. The van der Waals surface area contributed by atoms with Crippen LogP contribution < -0.4 is 4.74 Å². The number of fused-ring (bicyclic) bond motifs is 1. The Balaban J connectivity index is 1.45. The Kier molecular flexibility index (Phi) is 7.86. The van der Waals surface area contributed by atoms with Gasteiger partial charge < -0.3 is 14.5 Å². The van der Waals surface area contributed by atoms with E-state index in [0.717, 1.165) is 46.6 Å². The molecule has 0 amide bonds. The van der Waals surface area contributed by atoms with Gasteiger partial charge in [0.15, 0.2) is 0 Å². The number of ether oxygens (including phenoxy) is 2. The molecule has 34 heavy (non-hydrogen) atoms. The number of halogens is 1. The summed E-state index contributed by atoms with van der Waals surface area (Å²) in [6, 6.07) is 21.5. The standard InChI is InChI=1S/C28H29ClN2O3/c1-3-33-28(32)22(17-20-7-5-4-6-8-20)10-9-21-11-16-25-27(19(21)2)31-26(30-25)18-34-24-14-12-23(29)13-15-24/h4-8,11-16,22H,3,9-10,17-18H2,1-2H3,(H,30,31). The number of esters is 1. The van der Waals surface area contributed by atoms with E-state index < -0.39 is 0 Å². The first-order valence-corrected chi connectivity index (χ1v) is 12.0. The summed E-state index contributed by atoms with van der Waals surface area (Å²) in [5.74, 6) is 1.19. The number of nitrogens with one attached hydrogen (secondary N) is 1. The molecule has 0 spiro atoms. The molecule has 4 aromatic rings. The Hall–Kier alpha value is -3.31. The molecule has 1 heterocycles. The highest BCUT2D eigenvalue weighted by Crippen LogP contribution is 2.25. The SMILES string of the molecule is CCOC(=O)C(CCc1ccc2[nH]c(COc3ccc(Cl)cc3)nc2c1C)Cc1ccccc1. The summed E-state index contributed by atoms with van der Waals surface area (Å²) >= 11 is 5.93. The molecule has 0 aliphatic carbocycles. The van der Waals surface area contributed by atoms with Crippen LogP contribution in [0, 0.1) is 12.8 Å². The van der Waals surface area contributed by atoms with Crippen LogP contribution in [0.5, 0.6) is 5.75 Å². The van der Waals surface area contributed by atoms with Crippen LogP contribution in [0.2, 0.25) is 5.02 Å². The third-order valence-electron chi connectivity index (χ3n) is 5.97. The molecule has 1 aromatic heterocycles. The largest absolute Gasteiger partial charge is 0.486 e. The number of carbonyl (C=O) groups is 1. The lowest BCUT2D eigenvalue weighted by molar-refractivity contribution is -0.148. The maximum atomic E-state index is 12.6. The molecule has 0 aliphatic heterocycles. The van der Waals surface area contributed by atoms with Crippen molar-refractivity contribution in [2.24, 2.45) is 5.92 Å². The molecule has 0 aliphatic rings. The molecular formula is C28H29ClN2O3. The predicted molar refractivity (Wildman–Crippen MR) is 135 cm³/mol. The van der Waals surface area contributed by atoms with Crippen LogP contribution in [0.3, 0.4) is 0 Å². The van der Waals surface area contributed by atoms with Gasteiger partial charge in [0.1, 0.15) is 18.2 Å². The van der Waals surface area contributed by atoms with Crippen LogP contribution >= 0.6 is 11.6 Å². The van der Waals surface area contributed by atoms with Crippen LogP contribution in [-0.2, 0) is 29.0 Å². The molecule has 6 heteroatoms. The van der Waals surface area contributed by atoms with Gasteiger partial charge >= 0.3 is 5.97 Å². The average molecular weight is 477 g/mol. The van der Waals surface area contributed by atoms with Crippen molar-refractivity contribution >= 4 is 28.6 Å². The number of hydrogen-bond donors (Lipinski definition) is 1. The van der Waals surface area contributed by atoms with Gasteiger partial charge in [0.25, 0.3) is 0 Å². The number of rotatable bonds is 10. The van der Waals surface area contributed by atoms with Gasteiger partial charge in [0, 0.05) is 5.02 Å². The molecule has 5 nitrogen and oxygen atoms in total. The number of carbonyl (C=O) groups excluding carboxylic acids is 1. The lowest BCUT2D eigenvalue weighted by Crippen LogP contribution is -2.21. The van der Waals surface area contributed by atoms with E-state index >= 15 is 0 Å². The molecule has 1 atom stereocenters. The fraction of sp³-hybridized carbons (Fsp3) is 0.286. The van der Waals surface area contributed by atoms with E-state index in [9.17, 15) is 4.79 Å². The molecule has 0 fully saturated rings. The summed E-state index contributed by atoms with van der Waals surface area (Å²) in [4.78, 5) is 20.7. The lowest BCUT2D eigenvalue weighted by Gasteiger charge is -2.16. The van der Waals surface area contributed by atoms with E-state index in [1.807, 2.05) is 43.3 Å². The van der Waals surface area contributed by atoms with Gasteiger partial charge in [-0.3, -0.25) is 4.79 Å². The number of nitrogens with zero attached hydrogens (tertiary/aromatic N) is 1. The third kappa shape index (κ3) is 5.97. The van der Waals surface area contributed by atoms with Gasteiger partial charge in [-0.1, -0.05) is 48.0 Å². The van der Waals surface area contributed by atoms with Gasteiger partial charge in [0.05, 0.1) is 23.6 Å². The topological polar surface area (TPSA) is 64.2 Å². The predicted octanol–water partition coefficient (Wildman–Crippen LogP) is 6.46. The van der Waals surface area contributed by atoms with Gasteiger partial charge in [-0.05, 0) is 80.1 Å². The van der Waals surface area contributed by atoms with Gasteiger partial charge in [-0.15, -0.1) is 0 Å². The van der Waals surface area contributed by atoms with Gasteiger partial charge in [-0.25, -0.2) is 4.98 Å². The Morgan fingerprint density at radius 2 is 1.82 bits per heavy atom. The molecule has 0 saturated carbocycles. The number of aromatic amines is 1. The number of H-pyrrole nitrogens is 1. The first kappa shape index (κ1) is 23.8. The molecule has 1 N–H and O–H groups in total. The summed E-state index contributed by atoms with van der Waals surface area (Å²) in [5.41, 5.74) is 5.36. The first-order chi connectivity index (χ1) is 16.5. The zero-order chi connectivity index (χ0) is 23.9. The second kappa shape index (κ2) is 11.2. The van der Waals surface area contributed by atoms with Crippen LogP contribution in [0.15, 0.2) is 66.7 Å². The normalized spacial score (nSPS) is 12.0. The zero-order valence-corrected chi connectivity index (χ0v) is 20.3. The summed E-state index contributed by atoms with van der Waals surface area (Å²) in [7, 11) is 0. The van der Waals surface area contributed by atoms with Crippen LogP contribution in [0.4, 0.5) is 0 Å². The number of imidazole rings is 1. The second-order valence-electron chi connectivity index (χ2n) is 8.35. The van der Waals surface area contributed by atoms with E-state index in [0.29, 0.717) is 24.7 Å². The fourth-order valence-electron chi connectivity index (χ4n) is 4.12. The minimum Gasteiger partial charge on any atom is -0.486 e. The van der Waals surface area contributed by atoms with E-state index in [-0.39, 0.29) is 11.9 Å². The zero-order valence-electron chi connectivity index (χ0n) is 19.5. The number of benzene rings is 3.